The fourth-order valence-corrected chi connectivity index (χ4v) is 2.43. The highest BCUT2D eigenvalue weighted by atomic mass is 16.3. The molecule has 1 aromatic heterocycles. The summed E-state index contributed by atoms with van der Waals surface area (Å²) < 4.78 is 0. The first kappa shape index (κ1) is 14.1. The summed E-state index contributed by atoms with van der Waals surface area (Å²) in [7, 11) is 0. The van der Waals surface area contributed by atoms with Crippen LogP contribution in [0.3, 0.4) is 0 Å². The van der Waals surface area contributed by atoms with Crippen LogP contribution in [0.15, 0.2) is 6.20 Å². The van der Waals surface area contributed by atoms with E-state index < -0.39 is 6.10 Å². The van der Waals surface area contributed by atoms with Gasteiger partial charge in [-0.05, 0) is 25.7 Å². The smallest absolute Gasteiger partial charge is 0.132 e. The van der Waals surface area contributed by atoms with Crippen LogP contribution in [0.1, 0.15) is 63.7 Å². The van der Waals surface area contributed by atoms with Gasteiger partial charge in [0, 0.05) is 23.4 Å². The van der Waals surface area contributed by atoms with Crippen LogP contribution in [0.2, 0.25) is 0 Å². The zero-order valence-electron chi connectivity index (χ0n) is 11.7. The van der Waals surface area contributed by atoms with Crippen LogP contribution in [0.4, 0.5) is 0 Å². The van der Waals surface area contributed by atoms with Crippen LogP contribution in [0.5, 0.6) is 0 Å². The third-order valence-electron chi connectivity index (χ3n) is 3.22. The van der Waals surface area contributed by atoms with Gasteiger partial charge in [0.05, 0.1) is 6.10 Å². The van der Waals surface area contributed by atoms with Crippen molar-refractivity contribution < 1.29 is 5.11 Å². The Balaban J connectivity index is 3.11. The highest BCUT2D eigenvalue weighted by Crippen LogP contribution is 2.30. The van der Waals surface area contributed by atoms with Crippen LogP contribution in [-0.4, -0.2) is 15.1 Å². The maximum atomic E-state index is 9.57. The quantitative estimate of drug-likeness (QED) is 0.873. The average Bonchev–Trinajstić information content (AvgIpc) is 2.15. The van der Waals surface area contributed by atoms with E-state index in [-0.39, 0.29) is 0 Å². The van der Waals surface area contributed by atoms with E-state index in [0.29, 0.717) is 17.8 Å². The molecule has 0 saturated carbocycles. The molecule has 1 N–H and O–H groups in total. The predicted octanol–water partition coefficient (Wildman–Crippen LogP) is 3.23. The molecule has 1 rings (SSSR count). The lowest BCUT2D eigenvalue weighted by molar-refractivity contribution is 0.197. The monoisotopic (exact) mass is 236 g/mol. The molecule has 0 amide bonds. The molecule has 96 valence electrons. The molecule has 0 aromatic carbocycles. The third kappa shape index (κ3) is 3.25. The van der Waals surface area contributed by atoms with Crippen molar-refractivity contribution >= 4 is 0 Å². The molecular formula is C14H24N2O. The number of rotatable bonds is 4. The number of nitrogens with zero attached hydrogens (tertiary/aromatic N) is 2. The summed E-state index contributed by atoms with van der Waals surface area (Å²) in [5, 5.41) is 9.57. The van der Waals surface area contributed by atoms with Gasteiger partial charge >= 0.3 is 0 Å². The minimum absolute atomic E-state index is 0.372. The number of hydrogen-bond donors (Lipinski definition) is 1. The van der Waals surface area contributed by atoms with E-state index in [9.17, 15) is 5.11 Å². The van der Waals surface area contributed by atoms with Crippen LogP contribution in [0, 0.1) is 18.8 Å². The number of aryl methyl sites for hydroxylation is 1. The maximum Gasteiger partial charge on any atom is 0.132 e. The van der Waals surface area contributed by atoms with Gasteiger partial charge in [0.15, 0.2) is 0 Å². The second-order valence-electron chi connectivity index (χ2n) is 5.46. The van der Waals surface area contributed by atoms with E-state index in [1.807, 2.05) is 6.92 Å². The molecule has 1 aromatic rings. The Hall–Kier alpha value is -0.960. The molecule has 0 aliphatic heterocycles. The summed E-state index contributed by atoms with van der Waals surface area (Å²) >= 11 is 0. The molecule has 1 heterocycles. The number of aromatic nitrogens is 2. The van der Waals surface area contributed by atoms with Crippen molar-refractivity contribution in [3.8, 4) is 0 Å². The van der Waals surface area contributed by atoms with Crippen molar-refractivity contribution in [2.75, 3.05) is 0 Å². The first-order valence-electron chi connectivity index (χ1n) is 6.36. The Labute approximate surface area is 104 Å². The molecule has 1 atom stereocenters. The molecule has 0 fully saturated rings. The van der Waals surface area contributed by atoms with Crippen molar-refractivity contribution in [1.29, 1.82) is 0 Å². The van der Waals surface area contributed by atoms with Gasteiger partial charge in [-0.3, -0.25) is 0 Å². The molecule has 0 saturated heterocycles. The number of aliphatic hydroxyl groups is 1. The van der Waals surface area contributed by atoms with Gasteiger partial charge in [-0.15, -0.1) is 0 Å². The number of hydrogen-bond acceptors (Lipinski definition) is 3. The van der Waals surface area contributed by atoms with E-state index in [4.69, 9.17) is 0 Å². The van der Waals surface area contributed by atoms with E-state index in [2.05, 4.69) is 37.7 Å². The zero-order valence-corrected chi connectivity index (χ0v) is 11.7. The predicted molar refractivity (Wildman–Crippen MR) is 69.8 cm³/mol. The average molecular weight is 236 g/mol. The molecule has 0 bridgehead atoms. The first-order chi connectivity index (χ1) is 7.84. The van der Waals surface area contributed by atoms with Gasteiger partial charge in [0.2, 0.25) is 0 Å². The summed E-state index contributed by atoms with van der Waals surface area (Å²) in [5.41, 5.74) is 1.70. The lowest BCUT2D eigenvalue weighted by Crippen LogP contribution is -2.17. The van der Waals surface area contributed by atoms with Crippen molar-refractivity contribution in [2.24, 2.45) is 11.8 Å². The van der Waals surface area contributed by atoms with Crippen molar-refractivity contribution in [1.82, 2.24) is 9.97 Å². The van der Waals surface area contributed by atoms with E-state index in [0.717, 1.165) is 17.1 Å². The summed E-state index contributed by atoms with van der Waals surface area (Å²) in [4.78, 5) is 9.00. The van der Waals surface area contributed by atoms with Gasteiger partial charge in [0.25, 0.3) is 0 Å². The van der Waals surface area contributed by atoms with E-state index in [1.165, 1.54) is 0 Å². The van der Waals surface area contributed by atoms with Gasteiger partial charge in [-0.25, -0.2) is 9.97 Å². The molecule has 0 spiro atoms. The maximum absolute atomic E-state index is 9.57. The fraction of sp³-hybridized carbons (Fsp3) is 0.714. The van der Waals surface area contributed by atoms with Crippen LogP contribution < -0.4 is 0 Å². The fourth-order valence-electron chi connectivity index (χ4n) is 2.43. The Morgan fingerprint density at radius 2 is 1.59 bits per heavy atom. The topological polar surface area (TPSA) is 46.0 Å². The van der Waals surface area contributed by atoms with Crippen molar-refractivity contribution in [3.63, 3.8) is 0 Å². The van der Waals surface area contributed by atoms with E-state index >= 15 is 0 Å². The van der Waals surface area contributed by atoms with Crippen LogP contribution in [-0.2, 0) is 0 Å². The summed E-state index contributed by atoms with van der Waals surface area (Å²) in [6.07, 6.45) is 1.26. The second kappa shape index (κ2) is 5.58. The summed E-state index contributed by atoms with van der Waals surface area (Å²) in [6.45, 7) is 12.5. The standard InChI is InChI=1S/C14H24N2O/c1-8(2)13(9(3)4)14-15-7-12(11(6)17)10(5)16-14/h7-9,11,13,17H,1-6H3. The third-order valence-corrected chi connectivity index (χ3v) is 3.22. The van der Waals surface area contributed by atoms with Crippen molar-refractivity contribution in [2.45, 2.75) is 53.6 Å². The van der Waals surface area contributed by atoms with Gasteiger partial charge in [-0.2, -0.15) is 0 Å². The van der Waals surface area contributed by atoms with Crippen molar-refractivity contribution in [3.05, 3.63) is 23.3 Å². The van der Waals surface area contributed by atoms with Gasteiger partial charge < -0.3 is 5.11 Å². The minimum atomic E-state index is -0.499. The Kier molecular flexibility index (Phi) is 4.63. The largest absolute Gasteiger partial charge is 0.389 e. The van der Waals surface area contributed by atoms with Gasteiger partial charge in [0.1, 0.15) is 5.82 Å². The Morgan fingerprint density at radius 3 is 1.94 bits per heavy atom. The molecule has 17 heavy (non-hydrogen) atoms. The highest BCUT2D eigenvalue weighted by molar-refractivity contribution is 5.19. The minimum Gasteiger partial charge on any atom is -0.389 e. The molecule has 0 aliphatic carbocycles. The Morgan fingerprint density at radius 1 is 1.06 bits per heavy atom. The Bertz CT molecular complexity index is 364. The first-order valence-corrected chi connectivity index (χ1v) is 6.36. The summed E-state index contributed by atoms with van der Waals surface area (Å²) in [5.74, 6) is 2.31. The second-order valence-corrected chi connectivity index (χ2v) is 5.46. The molecular weight excluding hydrogens is 212 g/mol. The van der Waals surface area contributed by atoms with Crippen LogP contribution >= 0.6 is 0 Å². The highest BCUT2D eigenvalue weighted by Gasteiger charge is 2.23. The lowest BCUT2D eigenvalue weighted by Gasteiger charge is -2.24. The lowest BCUT2D eigenvalue weighted by atomic mass is 9.85. The summed E-state index contributed by atoms with van der Waals surface area (Å²) in [6, 6.07) is 0. The van der Waals surface area contributed by atoms with Crippen LogP contribution in [0.25, 0.3) is 0 Å². The molecule has 1 unspecified atom stereocenters. The van der Waals surface area contributed by atoms with E-state index in [1.54, 1.807) is 13.1 Å². The SMILES string of the molecule is Cc1nc(C(C(C)C)C(C)C)ncc1C(C)O. The zero-order chi connectivity index (χ0) is 13.2. The molecule has 0 aliphatic rings. The van der Waals surface area contributed by atoms with Gasteiger partial charge in [-0.1, -0.05) is 27.7 Å². The molecule has 0 radical (unpaired) electrons. The normalized spacial score (nSPS) is 13.8. The molecule has 3 heteroatoms. The molecule has 3 nitrogen and oxygen atoms in total. The number of aliphatic hydroxyl groups excluding tert-OH is 1.